The van der Waals surface area contributed by atoms with E-state index in [2.05, 4.69) is 16.2 Å². The molecule has 0 saturated heterocycles. The number of nitrogens with one attached hydrogen (secondary N) is 1. The van der Waals surface area contributed by atoms with E-state index in [1.165, 1.54) is 11.3 Å². The molecule has 68 valence electrons. The quantitative estimate of drug-likeness (QED) is 0.745. The van der Waals surface area contributed by atoms with Crippen molar-refractivity contribution in [1.29, 1.82) is 0 Å². The molecule has 0 aromatic carbocycles. The van der Waals surface area contributed by atoms with Crippen molar-refractivity contribution in [2.24, 2.45) is 0 Å². The van der Waals surface area contributed by atoms with E-state index in [0.29, 0.717) is 18.7 Å². The number of aryl methyl sites for hydroxylation is 1. The molecule has 0 bridgehead atoms. The minimum Gasteiger partial charge on any atom is -0.310 e. The third-order valence-corrected chi connectivity index (χ3v) is 2.16. The molecule has 1 heterocycles. The number of aromatic nitrogens is 1. The first kappa shape index (κ1) is 9.75. The number of thiazole rings is 1. The summed E-state index contributed by atoms with van der Waals surface area (Å²) in [6.07, 6.45) is 5.85. The van der Waals surface area contributed by atoms with Gasteiger partial charge in [0.25, 0.3) is 0 Å². The fraction of sp³-hybridized carbons (Fsp3) is 0.333. The van der Waals surface area contributed by atoms with Crippen molar-refractivity contribution >= 4 is 23.1 Å². The number of hydrogen-bond acceptors (Lipinski definition) is 3. The first-order valence-electron chi connectivity index (χ1n) is 3.88. The Morgan fingerprint density at radius 3 is 3.15 bits per heavy atom. The molecule has 1 aromatic heterocycles. The SMILES string of the molecule is C#CCCC(=O)Nc1csc(C)n1. The molecular weight excluding hydrogens is 184 g/mol. The smallest absolute Gasteiger partial charge is 0.226 e. The molecular formula is C9H10N2OS. The van der Waals surface area contributed by atoms with Crippen LogP contribution in [0, 0.1) is 19.3 Å². The van der Waals surface area contributed by atoms with Crippen LogP contribution in [-0.4, -0.2) is 10.9 Å². The zero-order chi connectivity index (χ0) is 9.68. The van der Waals surface area contributed by atoms with Gasteiger partial charge in [-0.05, 0) is 6.92 Å². The third kappa shape index (κ3) is 3.26. The Morgan fingerprint density at radius 2 is 2.62 bits per heavy atom. The summed E-state index contributed by atoms with van der Waals surface area (Å²) in [5.74, 6) is 2.95. The van der Waals surface area contributed by atoms with Gasteiger partial charge in [0.15, 0.2) is 0 Å². The summed E-state index contributed by atoms with van der Waals surface area (Å²) < 4.78 is 0. The molecule has 0 unspecified atom stereocenters. The van der Waals surface area contributed by atoms with Gasteiger partial charge in [-0.2, -0.15) is 0 Å². The Morgan fingerprint density at radius 1 is 1.85 bits per heavy atom. The third-order valence-electron chi connectivity index (χ3n) is 1.38. The van der Waals surface area contributed by atoms with Crippen LogP contribution in [0.1, 0.15) is 17.8 Å². The van der Waals surface area contributed by atoms with Gasteiger partial charge in [-0.3, -0.25) is 4.79 Å². The largest absolute Gasteiger partial charge is 0.310 e. The van der Waals surface area contributed by atoms with Gasteiger partial charge < -0.3 is 5.32 Å². The summed E-state index contributed by atoms with van der Waals surface area (Å²) in [4.78, 5) is 15.2. The zero-order valence-electron chi connectivity index (χ0n) is 7.33. The number of hydrogen-bond donors (Lipinski definition) is 1. The van der Waals surface area contributed by atoms with Crippen molar-refractivity contribution < 1.29 is 4.79 Å². The molecule has 3 nitrogen and oxygen atoms in total. The van der Waals surface area contributed by atoms with E-state index in [1.807, 2.05) is 12.3 Å². The summed E-state index contributed by atoms with van der Waals surface area (Å²) in [6, 6.07) is 0. The lowest BCUT2D eigenvalue weighted by molar-refractivity contribution is -0.116. The number of rotatable bonds is 3. The van der Waals surface area contributed by atoms with E-state index >= 15 is 0 Å². The Hall–Kier alpha value is -1.34. The molecule has 13 heavy (non-hydrogen) atoms. The average Bonchev–Trinajstić information content (AvgIpc) is 2.48. The van der Waals surface area contributed by atoms with E-state index in [9.17, 15) is 4.79 Å². The highest BCUT2D eigenvalue weighted by Crippen LogP contribution is 2.12. The molecule has 0 saturated carbocycles. The highest BCUT2D eigenvalue weighted by molar-refractivity contribution is 7.09. The predicted molar refractivity (Wildman–Crippen MR) is 53.5 cm³/mol. The molecule has 0 atom stereocenters. The lowest BCUT2D eigenvalue weighted by Crippen LogP contribution is -2.10. The lowest BCUT2D eigenvalue weighted by Gasteiger charge is -1.97. The van der Waals surface area contributed by atoms with E-state index < -0.39 is 0 Å². The van der Waals surface area contributed by atoms with Gasteiger partial charge in [-0.25, -0.2) is 4.98 Å². The van der Waals surface area contributed by atoms with E-state index in [1.54, 1.807) is 0 Å². The number of carbonyl (C=O) groups excluding carboxylic acids is 1. The molecule has 4 heteroatoms. The number of carbonyl (C=O) groups is 1. The van der Waals surface area contributed by atoms with Gasteiger partial charge in [0, 0.05) is 18.2 Å². The number of nitrogens with zero attached hydrogens (tertiary/aromatic N) is 1. The molecule has 0 aliphatic rings. The molecule has 0 radical (unpaired) electrons. The first-order valence-corrected chi connectivity index (χ1v) is 4.76. The van der Waals surface area contributed by atoms with E-state index in [0.717, 1.165) is 5.01 Å². The highest BCUT2D eigenvalue weighted by Gasteiger charge is 2.02. The summed E-state index contributed by atoms with van der Waals surface area (Å²) in [6.45, 7) is 1.89. The summed E-state index contributed by atoms with van der Waals surface area (Å²) in [5, 5.41) is 5.41. The predicted octanol–water partition coefficient (Wildman–Crippen LogP) is 1.80. The molecule has 0 aliphatic carbocycles. The van der Waals surface area contributed by atoms with Gasteiger partial charge in [-0.15, -0.1) is 23.7 Å². The Kier molecular flexibility index (Phi) is 3.47. The van der Waals surface area contributed by atoms with Crippen LogP contribution in [0.25, 0.3) is 0 Å². The van der Waals surface area contributed by atoms with Crippen molar-refractivity contribution in [3.8, 4) is 12.3 Å². The van der Waals surface area contributed by atoms with Gasteiger partial charge in [-0.1, -0.05) is 0 Å². The second-order valence-electron chi connectivity index (χ2n) is 2.50. The lowest BCUT2D eigenvalue weighted by atomic mass is 10.3. The fourth-order valence-corrected chi connectivity index (χ4v) is 1.36. The number of amides is 1. The van der Waals surface area contributed by atoms with Crippen molar-refractivity contribution in [2.45, 2.75) is 19.8 Å². The highest BCUT2D eigenvalue weighted by atomic mass is 32.1. The Labute approximate surface area is 81.2 Å². The van der Waals surface area contributed by atoms with Crippen molar-refractivity contribution in [3.05, 3.63) is 10.4 Å². The number of anilines is 1. The van der Waals surface area contributed by atoms with Crippen LogP contribution in [0.4, 0.5) is 5.82 Å². The maximum atomic E-state index is 11.1. The Bertz CT molecular complexity index is 338. The monoisotopic (exact) mass is 194 g/mol. The standard InChI is InChI=1S/C9H10N2OS/c1-3-4-5-9(12)11-8-6-13-7(2)10-8/h1,6H,4-5H2,2H3,(H,11,12). The van der Waals surface area contributed by atoms with Crippen LogP contribution >= 0.6 is 11.3 Å². The maximum Gasteiger partial charge on any atom is 0.226 e. The van der Waals surface area contributed by atoms with Crippen molar-refractivity contribution in [3.63, 3.8) is 0 Å². The summed E-state index contributed by atoms with van der Waals surface area (Å²) in [5.41, 5.74) is 0. The van der Waals surface area contributed by atoms with Crippen LogP contribution in [-0.2, 0) is 4.79 Å². The van der Waals surface area contributed by atoms with Crippen LogP contribution in [0.3, 0.4) is 0 Å². The summed E-state index contributed by atoms with van der Waals surface area (Å²) in [7, 11) is 0. The first-order chi connectivity index (χ1) is 6.22. The molecule has 1 aromatic rings. The number of terminal acetylenes is 1. The topological polar surface area (TPSA) is 42.0 Å². The molecule has 0 fully saturated rings. The average molecular weight is 194 g/mol. The normalized spacial score (nSPS) is 9.23. The van der Waals surface area contributed by atoms with Crippen LogP contribution in [0.5, 0.6) is 0 Å². The minimum absolute atomic E-state index is 0.0803. The summed E-state index contributed by atoms with van der Waals surface area (Å²) >= 11 is 1.50. The van der Waals surface area contributed by atoms with Crippen LogP contribution < -0.4 is 5.32 Å². The van der Waals surface area contributed by atoms with Gasteiger partial charge in [0.05, 0.1) is 5.01 Å². The van der Waals surface area contributed by atoms with Gasteiger partial charge in [0.2, 0.25) is 5.91 Å². The maximum absolute atomic E-state index is 11.1. The van der Waals surface area contributed by atoms with E-state index in [4.69, 9.17) is 6.42 Å². The van der Waals surface area contributed by atoms with Crippen LogP contribution in [0.15, 0.2) is 5.38 Å². The Balaban J connectivity index is 2.41. The van der Waals surface area contributed by atoms with Gasteiger partial charge in [0.1, 0.15) is 5.82 Å². The van der Waals surface area contributed by atoms with Crippen molar-refractivity contribution in [1.82, 2.24) is 4.98 Å². The van der Waals surface area contributed by atoms with Crippen molar-refractivity contribution in [2.75, 3.05) is 5.32 Å². The molecule has 0 aliphatic heterocycles. The molecule has 1 N–H and O–H groups in total. The zero-order valence-corrected chi connectivity index (χ0v) is 8.15. The molecule has 1 amide bonds. The van der Waals surface area contributed by atoms with Gasteiger partial charge >= 0.3 is 0 Å². The minimum atomic E-state index is -0.0803. The fourth-order valence-electron chi connectivity index (χ4n) is 0.812. The second kappa shape index (κ2) is 4.63. The second-order valence-corrected chi connectivity index (χ2v) is 3.57. The molecule has 1 rings (SSSR count). The molecule has 0 spiro atoms. The van der Waals surface area contributed by atoms with Crippen LogP contribution in [0.2, 0.25) is 0 Å². The van der Waals surface area contributed by atoms with E-state index in [-0.39, 0.29) is 5.91 Å².